The molecule has 3 saturated carbocycles. The number of hydrogen-bond acceptors (Lipinski definition) is 9. The lowest BCUT2D eigenvalue weighted by Crippen LogP contribution is -2.65. The number of carbonyl (C=O) groups excluding carboxylic acids is 3. The fourth-order valence-electron chi connectivity index (χ4n) is 7.98. The number of phenols is 1. The Morgan fingerprint density at radius 2 is 1.83 bits per heavy atom. The third-order valence-electron chi connectivity index (χ3n) is 10.2. The molecule has 5 aliphatic carbocycles. The Kier molecular flexibility index (Phi) is 6.19. The highest BCUT2D eigenvalue weighted by Gasteiger charge is 2.64. The minimum atomic E-state index is -2.72. The van der Waals surface area contributed by atoms with E-state index in [1.165, 1.54) is 37.9 Å². The van der Waals surface area contributed by atoms with E-state index >= 15 is 4.39 Å². The molecule has 0 saturated heterocycles. The number of hydrogen-bond donors (Lipinski definition) is 5. The fraction of sp³-hybridized carbons (Fsp3) is 0.567. The molecule has 6 rings (SSSR count). The van der Waals surface area contributed by atoms with Crippen molar-refractivity contribution in [2.45, 2.75) is 69.2 Å². The van der Waals surface area contributed by atoms with E-state index in [4.69, 9.17) is 5.73 Å². The molecule has 41 heavy (non-hydrogen) atoms. The van der Waals surface area contributed by atoms with E-state index in [-0.39, 0.29) is 35.1 Å². The highest BCUT2D eigenvalue weighted by molar-refractivity contribution is 6.24. The van der Waals surface area contributed by atoms with Crippen LogP contribution in [0, 0.1) is 23.6 Å². The largest absolute Gasteiger partial charge is 0.508 e. The number of nitrogens with two attached hydrogens (primary N) is 1. The van der Waals surface area contributed by atoms with Gasteiger partial charge < -0.3 is 26.2 Å². The SMILES string of the molecule is CCN(Cc1cc(O)c2c(c1F)C[C@H]1C[C@H]3[C@H](N(C)C)C(=O)C(C(N)=O)=C(O)[C@@]3(O)C(=O)C1=C2O)C1(C2CC2)CC1. The summed E-state index contributed by atoms with van der Waals surface area (Å²) in [7, 11) is 3.07. The average molecular weight is 570 g/mol. The molecular weight excluding hydrogens is 533 g/mol. The molecular formula is C30H36FN3O7. The van der Waals surface area contributed by atoms with Crippen LogP contribution in [0.25, 0.3) is 5.76 Å². The average Bonchev–Trinajstić information content (AvgIpc) is 3.80. The van der Waals surface area contributed by atoms with E-state index in [1.54, 1.807) is 0 Å². The molecule has 1 aromatic carbocycles. The number of benzene rings is 1. The molecule has 4 atom stereocenters. The molecule has 5 aliphatic rings. The molecule has 0 heterocycles. The van der Waals surface area contributed by atoms with Gasteiger partial charge in [-0.1, -0.05) is 6.92 Å². The Morgan fingerprint density at radius 1 is 1.17 bits per heavy atom. The first kappa shape index (κ1) is 27.9. The van der Waals surface area contributed by atoms with Crippen LogP contribution in [-0.4, -0.2) is 85.5 Å². The van der Waals surface area contributed by atoms with Crippen LogP contribution in [0.2, 0.25) is 0 Å². The van der Waals surface area contributed by atoms with Gasteiger partial charge in [0.05, 0.1) is 11.6 Å². The molecule has 6 N–H and O–H groups in total. The Morgan fingerprint density at radius 3 is 2.37 bits per heavy atom. The number of primary amides is 1. The number of ketones is 2. The highest BCUT2D eigenvalue weighted by atomic mass is 19.1. The Balaban J connectivity index is 1.44. The van der Waals surface area contributed by atoms with Crippen LogP contribution in [0.5, 0.6) is 5.75 Å². The maximum absolute atomic E-state index is 16.2. The van der Waals surface area contributed by atoms with Gasteiger partial charge in [-0.15, -0.1) is 0 Å². The Hall–Kier alpha value is -3.28. The van der Waals surface area contributed by atoms with Crippen molar-refractivity contribution in [3.05, 3.63) is 45.5 Å². The predicted molar refractivity (Wildman–Crippen MR) is 145 cm³/mol. The van der Waals surface area contributed by atoms with Gasteiger partial charge in [-0.3, -0.25) is 24.2 Å². The number of likely N-dealkylation sites (N-methyl/N-ethyl adjacent to an activating group) is 1. The number of fused-ring (bicyclic) bond motifs is 3. The molecule has 0 unspecified atom stereocenters. The normalized spacial score (nSPS) is 30.5. The van der Waals surface area contributed by atoms with Crippen molar-refractivity contribution in [3.8, 4) is 5.75 Å². The Bertz CT molecular complexity index is 1460. The van der Waals surface area contributed by atoms with E-state index in [0.29, 0.717) is 18.0 Å². The molecule has 11 heteroatoms. The summed E-state index contributed by atoms with van der Waals surface area (Å²) in [5.41, 5.74) is 1.69. The summed E-state index contributed by atoms with van der Waals surface area (Å²) in [6.45, 7) is 3.06. The van der Waals surface area contributed by atoms with Crippen molar-refractivity contribution in [3.63, 3.8) is 0 Å². The highest BCUT2D eigenvalue weighted by Crippen LogP contribution is 2.58. The van der Waals surface area contributed by atoms with Gasteiger partial charge in [-0.25, -0.2) is 4.39 Å². The molecule has 1 amide bonds. The predicted octanol–water partition coefficient (Wildman–Crippen LogP) is 1.87. The number of phenolic OH excluding ortho intramolecular Hbond substituents is 1. The molecule has 220 valence electrons. The van der Waals surface area contributed by atoms with Crippen LogP contribution >= 0.6 is 0 Å². The zero-order valence-electron chi connectivity index (χ0n) is 23.4. The van der Waals surface area contributed by atoms with Crippen molar-refractivity contribution in [1.82, 2.24) is 9.80 Å². The summed E-state index contributed by atoms with van der Waals surface area (Å²) >= 11 is 0. The van der Waals surface area contributed by atoms with E-state index in [9.17, 15) is 34.8 Å². The van der Waals surface area contributed by atoms with Crippen molar-refractivity contribution in [2.24, 2.45) is 23.5 Å². The molecule has 0 aliphatic heterocycles. The van der Waals surface area contributed by atoms with Crippen LogP contribution in [0.3, 0.4) is 0 Å². The van der Waals surface area contributed by atoms with E-state index in [0.717, 1.165) is 19.4 Å². The summed E-state index contributed by atoms with van der Waals surface area (Å²) in [6.07, 6.45) is 4.32. The van der Waals surface area contributed by atoms with E-state index in [2.05, 4.69) is 4.90 Å². The van der Waals surface area contributed by atoms with Crippen LogP contribution in [0.1, 0.15) is 55.7 Å². The summed E-state index contributed by atoms with van der Waals surface area (Å²) < 4.78 is 16.2. The summed E-state index contributed by atoms with van der Waals surface area (Å²) in [4.78, 5) is 42.9. The molecule has 10 nitrogen and oxygen atoms in total. The second-order valence-electron chi connectivity index (χ2n) is 12.6. The Labute approximate surface area is 236 Å². The van der Waals surface area contributed by atoms with Gasteiger partial charge in [0.1, 0.15) is 28.7 Å². The van der Waals surface area contributed by atoms with Gasteiger partial charge in [0.25, 0.3) is 5.91 Å². The van der Waals surface area contributed by atoms with Crippen LogP contribution in [-0.2, 0) is 27.3 Å². The first-order valence-electron chi connectivity index (χ1n) is 14.2. The van der Waals surface area contributed by atoms with E-state index in [1.807, 2.05) is 6.92 Å². The number of Topliss-reactive ketones (excluding diaryl/α,β-unsaturated/α-hetero) is 2. The molecule has 0 aromatic heterocycles. The molecule has 0 bridgehead atoms. The lowest BCUT2D eigenvalue weighted by atomic mass is 9.57. The molecule has 0 spiro atoms. The van der Waals surface area contributed by atoms with Crippen molar-refractivity contribution < 1.29 is 39.2 Å². The maximum atomic E-state index is 16.2. The van der Waals surface area contributed by atoms with Crippen LogP contribution in [0.4, 0.5) is 4.39 Å². The monoisotopic (exact) mass is 569 g/mol. The zero-order valence-corrected chi connectivity index (χ0v) is 23.4. The quantitative estimate of drug-likeness (QED) is 0.308. The maximum Gasteiger partial charge on any atom is 0.255 e. The number of aliphatic hydroxyl groups is 3. The lowest BCUT2D eigenvalue weighted by molar-refractivity contribution is -0.153. The van der Waals surface area contributed by atoms with Gasteiger partial charge >= 0.3 is 0 Å². The van der Waals surface area contributed by atoms with Crippen LogP contribution in [0.15, 0.2) is 23.0 Å². The van der Waals surface area contributed by atoms with Gasteiger partial charge in [0.2, 0.25) is 5.78 Å². The minimum absolute atomic E-state index is 0.0675. The number of aromatic hydroxyl groups is 1. The topological polar surface area (TPSA) is 165 Å². The minimum Gasteiger partial charge on any atom is -0.508 e. The summed E-state index contributed by atoms with van der Waals surface area (Å²) in [5.74, 6) is -7.43. The third kappa shape index (κ3) is 3.74. The molecule has 1 aromatic rings. The number of halogens is 1. The zero-order chi connectivity index (χ0) is 29.8. The smallest absolute Gasteiger partial charge is 0.255 e. The number of rotatable bonds is 7. The standard InChI is InChI=1S/C30H36FN3O7/c1-4-34(29(7-8-29)15-5-6-15)12-14-11-18(35)20-16(22(14)31)9-13-10-17-23(33(2)3)25(37)21(28(32)40)27(39)30(17,41)26(38)19(13)24(20)36/h11,13,15,17,23,35-36,39,41H,4-10,12H2,1-3H3,(H2,32,40)/t13-,17-,23-,30-/m0/s1. The lowest BCUT2D eigenvalue weighted by Gasteiger charge is -2.50. The first-order chi connectivity index (χ1) is 19.3. The van der Waals surface area contributed by atoms with Gasteiger partial charge in [0, 0.05) is 34.7 Å². The van der Waals surface area contributed by atoms with Gasteiger partial charge in [0.15, 0.2) is 11.4 Å². The number of aliphatic hydroxyl groups excluding tert-OH is 2. The molecule has 3 fully saturated rings. The summed E-state index contributed by atoms with van der Waals surface area (Å²) in [5, 5.41) is 44.9. The van der Waals surface area contributed by atoms with Crippen molar-refractivity contribution >= 4 is 23.2 Å². The first-order valence-corrected chi connectivity index (χ1v) is 14.2. The summed E-state index contributed by atoms with van der Waals surface area (Å²) in [6, 6.07) is 0.0957. The number of amides is 1. The second kappa shape index (κ2) is 9.11. The third-order valence-corrected chi connectivity index (χ3v) is 10.2. The van der Waals surface area contributed by atoms with Crippen molar-refractivity contribution in [2.75, 3.05) is 20.6 Å². The van der Waals surface area contributed by atoms with Gasteiger partial charge in [-0.05, 0) is 77.1 Å². The van der Waals surface area contributed by atoms with Crippen LogP contribution < -0.4 is 5.73 Å². The fourth-order valence-corrected chi connectivity index (χ4v) is 7.98. The van der Waals surface area contributed by atoms with Gasteiger partial charge in [-0.2, -0.15) is 0 Å². The second-order valence-corrected chi connectivity index (χ2v) is 12.6. The van der Waals surface area contributed by atoms with E-state index < -0.39 is 69.6 Å². The number of nitrogens with zero attached hydrogens (tertiary/aromatic N) is 2. The number of carbonyl (C=O) groups is 3. The van der Waals surface area contributed by atoms with Crippen molar-refractivity contribution in [1.29, 1.82) is 0 Å². The molecule has 0 radical (unpaired) electrons.